The van der Waals surface area contributed by atoms with Crippen LogP contribution in [0.1, 0.15) is 18.1 Å². The molecule has 0 spiro atoms. The van der Waals surface area contributed by atoms with Gasteiger partial charge < -0.3 is 9.47 Å². The molecule has 4 rings (SSSR count). The number of hydrogen-bond donors (Lipinski definition) is 1. The summed E-state index contributed by atoms with van der Waals surface area (Å²) < 4.78 is 48.7. The zero-order valence-electron chi connectivity index (χ0n) is 18.4. The van der Waals surface area contributed by atoms with E-state index >= 15 is 0 Å². The van der Waals surface area contributed by atoms with Crippen molar-refractivity contribution in [2.45, 2.75) is 13.5 Å². The summed E-state index contributed by atoms with van der Waals surface area (Å²) >= 11 is 7.13. The van der Waals surface area contributed by atoms with Gasteiger partial charge in [0, 0.05) is 11.8 Å². The van der Waals surface area contributed by atoms with Gasteiger partial charge in [0.15, 0.2) is 17.3 Å². The van der Waals surface area contributed by atoms with Gasteiger partial charge >= 0.3 is 0 Å². The lowest BCUT2D eigenvalue weighted by Crippen LogP contribution is -2.35. The first-order chi connectivity index (χ1) is 16.6. The lowest BCUT2D eigenvalue weighted by Gasteiger charge is -2.20. The van der Waals surface area contributed by atoms with Crippen molar-refractivity contribution in [3.8, 4) is 11.5 Å². The molecule has 2 heterocycles. The highest BCUT2D eigenvalue weighted by atomic mass is 35.5. The number of thioether (sulfide) groups is 1. The summed E-state index contributed by atoms with van der Waals surface area (Å²) in [6.07, 6.45) is 2.35. The number of aliphatic imine (C=N–C) groups is 1. The van der Waals surface area contributed by atoms with E-state index in [1.54, 1.807) is 31.2 Å². The van der Waals surface area contributed by atoms with Crippen LogP contribution in [0.25, 0.3) is 6.08 Å². The Morgan fingerprint density at radius 1 is 1.26 bits per heavy atom. The summed E-state index contributed by atoms with van der Waals surface area (Å²) in [7, 11) is -3.64. The molecule has 0 atom stereocenters. The molecule has 0 bridgehead atoms. The minimum atomic E-state index is -3.64. The lowest BCUT2D eigenvalue weighted by molar-refractivity contribution is -0.114. The lowest BCUT2D eigenvalue weighted by atomic mass is 10.1. The fourth-order valence-corrected chi connectivity index (χ4v) is 5.09. The van der Waals surface area contributed by atoms with Crippen LogP contribution in [-0.2, 0) is 21.2 Å². The second kappa shape index (κ2) is 9.80. The topological polar surface area (TPSA) is 121 Å². The molecule has 0 aromatic heterocycles. The Kier molecular flexibility index (Phi) is 6.97. The molecular weight excluding hydrogens is 519 g/mol. The molecule has 1 N–H and O–H groups in total. The molecule has 0 saturated heterocycles. The van der Waals surface area contributed by atoms with Crippen LogP contribution in [0.2, 0.25) is 5.02 Å². The fraction of sp³-hybridized carbons (Fsp3) is 0.182. The number of amides is 1. The van der Waals surface area contributed by atoms with Gasteiger partial charge in [-0.3, -0.25) is 10.2 Å². The maximum atomic E-state index is 14.0. The number of ether oxygens (including phenoxy) is 2. The van der Waals surface area contributed by atoms with E-state index in [-0.39, 0.29) is 50.7 Å². The molecule has 2 aliphatic rings. The minimum absolute atomic E-state index is 0.0116. The van der Waals surface area contributed by atoms with E-state index in [4.69, 9.17) is 26.5 Å². The predicted octanol–water partition coefficient (Wildman–Crippen LogP) is 4.08. The molecule has 9 nitrogen and oxygen atoms in total. The number of rotatable bonds is 6. The van der Waals surface area contributed by atoms with Gasteiger partial charge in [-0.1, -0.05) is 29.8 Å². The molecule has 2 aliphatic heterocycles. The standard InChI is InChI=1S/C22H18ClFN4O5S2/c1-3-32-17-10-12(9-15(23)18(17)33-11-13-6-4-5-7-16(13)24)8-14-19(25)28-21(26-20(14)29)34-22(27-28)35(2,30)31/h4-10,25H,3,11H2,1-2H3/b14-8-,25-19?. The van der Waals surface area contributed by atoms with Crippen molar-refractivity contribution < 1.29 is 27.1 Å². The number of nitrogens with one attached hydrogen (secondary N) is 1. The Labute approximate surface area is 209 Å². The van der Waals surface area contributed by atoms with Gasteiger partial charge in [0.25, 0.3) is 5.91 Å². The number of sulfone groups is 1. The van der Waals surface area contributed by atoms with Crippen LogP contribution in [0, 0.1) is 11.2 Å². The zero-order valence-corrected chi connectivity index (χ0v) is 20.8. The highest BCUT2D eigenvalue weighted by Crippen LogP contribution is 2.38. The number of carbonyl (C=O) groups is 1. The van der Waals surface area contributed by atoms with Gasteiger partial charge in [-0.2, -0.15) is 10.0 Å². The molecule has 1 amide bonds. The molecule has 182 valence electrons. The summed E-state index contributed by atoms with van der Waals surface area (Å²) in [6, 6.07) is 9.23. The summed E-state index contributed by atoms with van der Waals surface area (Å²) in [5, 5.41) is 13.4. The Morgan fingerprint density at radius 2 is 2.00 bits per heavy atom. The fourth-order valence-electron chi connectivity index (χ4n) is 3.13. The number of nitrogens with zero attached hydrogens (tertiary/aromatic N) is 3. The summed E-state index contributed by atoms with van der Waals surface area (Å²) in [5.41, 5.74) is 0.624. The largest absolute Gasteiger partial charge is 0.490 e. The van der Waals surface area contributed by atoms with E-state index in [9.17, 15) is 17.6 Å². The quantitative estimate of drug-likeness (QED) is 0.552. The van der Waals surface area contributed by atoms with Gasteiger partial charge in [0.1, 0.15) is 12.4 Å². The third kappa shape index (κ3) is 5.24. The first-order valence-electron chi connectivity index (χ1n) is 10.1. The summed E-state index contributed by atoms with van der Waals surface area (Å²) in [4.78, 5) is 16.5. The Balaban J connectivity index is 1.66. The molecule has 0 saturated carbocycles. The second-order valence-corrected chi connectivity index (χ2v) is 10.9. The first-order valence-corrected chi connectivity index (χ1v) is 13.2. The van der Waals surface area contributed by atoms with Crippen LogP contribution in [0.4, 0.5) is 4.39 Å². The number of hydrazone groups is 1. The van der Waals surface area contributed by atoms with Crippen LogP contribution in [0.5, 0.6) is 11.5 Å². The van der Waals surface area contributed by atoms with E-state index in [1.165, 1.54) is 18.2 Å². The molecule has 2 aromatic carbocycles. The Morgan fingerprint density at radius 3 is 2.69 bits per heavy atom. The number of carbonyl (C=O) groups excluding carboxylic acids is 1. The molecule has 2 aromatic rings. The highest BCUT2D eigenvalue weighted by Gasteiger charge is 2.38. The highest BCUT2D eigenvalue weighted by molar-refractivity contribution is 8.42. The van der Waals surface area contributed by atoms with Crippen LogP contribution in [0.15, 0.2) is 52.1 Å². The number of amidine groups is 2. The van der Waals surface area contributed by atoms with Crippen molar-refractivity contribution in [1.82, 2.24) is 5.01 Å². The van der Waals surface area contributed by atoms with E-state index in [1.807, 2.05) is 0 Å². The molecular formula is C22H18ClFN4O5S2. The SMILES string of the molecule is CCOc1cc(/C=C2/C(=N)N3N=C(S(C)(=O)=O)SC3=NC2=O)cc(Cl)c1OCc1ccccc1F. The van der Waals surface area contributed by atoms with Gasteiger partial charge in [-0.15, -0.1) is 5.10 Å². The smallest absolute Gasteiger partial charge is 0.283 e. The van der Waals surface area contributed by atoms with Crippen molar-refractivity contribution >= 4 is 60.6 Å². The van der Waals surface area contributed by atoms with Crippen LogP contribution in [0.3, 0.4) is 0 Å². The minimum Gasteiger partial charge on any atom is -0.490 e. The number of fused-ring (bicyclic) bond motifs is 1. The third-order valence-corrected chi connectivity index (χ3v) is 7.58. The monoisotopic (exact) mass is 536 g/mol. The zero-order chi connectivity index (χ0) is 25.3. The number of hydrogen-bond acceptors (Lipinski definition) is 8. The van der Waals surface area contributed by atoms with E-state index in [0.29, 0.717) is 22.9 Å². The average Bonchev–Trinajstić information content (AvgIpc) is 3.22. The Bertz CT molecular complexity index is 1440. The Hall–Kier alpha value is -3.22. The number of benzene rings is 2. The van der Waals surface area contributed by atoms with Gasteiger partial charge in [0.2, 0.25) is 19.4 Å². The molecule has 0 unspecified atom stereocenters. The maximum absolute atomic E-state index is 14.0. The van der Waals surface area contributed by atoms with Crippen molar-refractivity contribution in [2.24, 2.45) is 10.1 Å². The van der Waals surface area contributed by atoms with Gasteiger partial charge in [0.05, 0.1) is 17.2 Å². The molecule has 0 fully saturated rings. The predicted molar refractivity (Wildman–Crippen MR) is 133 cm³/mol. The molecule has 0 radical (unpaired) electrons. The van der Waals surface area contributed by atoms with E-state index in [0.717, 1.165) is 11.3 Å². The van der Waals surface area contributed by atoms with Crippen molar-refractivity contribution in [3.63, 3.8) is 0 Å². The molecule has 0 aliphatic carbocycles. The normalized spacial score (nSPS) is 16.8. The van der Waals surface area contributed by atoms with Crippen LogP contribution in [-0.4, -0.2) is 47.6 Å². The van der Waals surface area contributed by atoms with Crippen molar-refractivity contribution in [2.75, 3.05) is 12.9 Å². The number of halogens is 2. The summed E-state index contributed by atoms with van der Waals surface area (Å²) in [5.74, 6) is -1.02. The molecule has 13 heteroatoms. The van der Waals surface area contributed by atoms with Crippen molar-refractivity contribution in [1.29, 1.82) is 5.41 Å². The summed E-state index contributed by atoms with van der Waals surface area (Å²) in [6.45, 7) is 1.96. The second-order valence-electron chi connectivity index (χ2n) is 7.30. The van der Waals surface area contributed by atoms with Gasteiger partial charge in [-0.05, 0) is 48.5 Å². The molecule has 35 heavy (non-hydrogen) atoms. The van der Waals surface area contributed by atoms with E-state index in [2.05, 4.69) is 10.1 Å². The van der Waals surface area contributed by atoms with Gasteiger partial charge in [-0.25, -0.2) is 12.8 Å². The van der Waals surface area contributed by atoms with Crippen LogP contribution >= 0.6 is 23.4 Å². The average molecular weight is 537 g/mol. The van der Waals surface area contributed by atoms with Crippen LogP contribution < -0.4 is 9.47 Å². The van der Waals surface area contributed by atoms with E-state index < -0.39 is 21.6 Å². The van der Waals surface area contributed by atoms with Crippen molar-refractivity contribution in [3.05, 3.63) is 63.9 Å². The third-order valence-electron chi connectivity index (χ3n) is 4.73. The first kappa shape index (κ1) is 24.9. The maximum Gasteiger partial charge on any atom is 0.283 e.